The van der Waals surface area contributed by atoms with Crippen molar-refractivity contribution in [1.82, 2.24) is 0 Å². The van der Waals surface area contributed by atoms with Gasteiger partial charge in [0, 0.05) is 10.3 Å². The Kier molecular flexibility index (Phi) is 2.21. The van der Waals surface area contributed by atoms with Crippen LogP contribution < -0.4 is 4.74 Å². The van der Waals surface area contributed by atoms with Gasteiger partial charge in [0.15, 0.2) is 11.4 Å². The standard InChI is InChI=1S/C10H7FO2S/c1-13-8-2-6-4-9(11)14-10(6)7(3-8)5-12/h2-5H,1H3. The van der Waals surface area contributed by atoms with Gasteiger partial charge in [-0.25, -0.2) is 0 Å². The maximum absolute atomic E-state index is 12.9. The van der Waals surface area contributed by atoms with Gasteiger partial charge in [0.05, 0.1) is 7.11 Å². The first-order valence-corrected chi connectivity index (χ1v) is 4.78. The van der Waals surface area contributed by atoms with Gasteiger partial charge in [0.25, 0.3) is 0 Å². The molecule has 4 heteroatoms. The van der Waals surface area contributed by atoms with Crippen molar-refractivity contribution in [1.29, 1.82) is 0 Å². The lowest BCUT2D eigenvalue weighted by Gasteiger charge is -2.00. The smallest absolute Gasteiger partial charge is 0.177 e. The molecule has 0 amide bonds. The number of hydrogen-bond acceptors (Lipinski definition) is 3. The Hall–Kier alpha value is -1.42. The molecule has 14 heavy (non-hydrogen) atoms. The molecule has 2 aromatic rings. The van der Waals surface area contributed by atoms with Crippen molar-refractivity contribution >= 4 is 27.7 Å². The predicted octanol–water partition coefficient (Wildman–Crippen LogP) is 2.86. The normalized spacial score (nSPS) is 10.4. The molecule has 0 atom stereocenters. The van der Waals surface area contributed by atoms with Gasteiger partial charge < -0.3 is 4.74 Å². The maximum atomic E-state index is 12.9. The molecular formula is C10H7FO2S. The molecule has 1 aromatic carbocycles. The Labute approximate surface area is 83.9 Å². The average molecular weight is 210 g/mol. The number of halogens is 1. The van der Waals surface area contributed by atoms with E-state index in [-0.39, 0.29) is 5.13 Å². The van der Waals surface area contributed by atoms with E-state index in [1.54, 1.807) is 12.1 Å². The zero-order valence-electron chi connectivity index (χ0n) is 7.41. The highest BCUT2D eigenvalue weighted by molar-refractivity contribution is 7.17. The lowest BCUT2D eigenvalue weighted by molar-refractivity contribution is 0.112. The third kappa shape index (κ3) is 1.37. The third-order valence-electron chi connectivity index (χ3n) is 1.95. The SMILES string of the molecule is COc1cc(C=O)c2sc(F)cc2c1. The molecule has 0 saturated carbocycles. The van der Waals surface area contributed by atoms with Crippen molar-refractivity contribution in [2.75, 3.05) is 7.11 Å². The second kappa shape index (κ2) is 3.38. The summed E-state index contributed by atoms with van der Waals surface area (Å²) in [6.45, 7) is 0. The Balaban J connectivity index is 2.78. The topological polar surface area (TPSA) is 26.3 Å². The van der Waals surface area contributed by atoms with E-state index in [1.165, 1.54) is 13.2 Å². The first-order valence-electron chi connectivity index (χ1n) is 3.97. The number of carbonyl (C=O) groups excluding carboxylic acids is 1. The summed E-state index contributed by atoms with van der Waals surface area (Å²) in [5.74, 6) is 0.567. The minimum atomic E-state index is -0.295. The fraction of sp³-hybridized carbons (Fsp3) is 0.100. The highest BCUT2D eigenvalue weighted by atomic mass is 32.1. The molecule has 0 spiro atoms. The number of hydrogen-bond donors (Lipinski definition) is 0. The van der Waals surface area contributed by atoms with E-state index < -0.39 is 0 Å². The molecule has 0 radical (unpaired) electrons. The van der Waals surface area contributed by atoms with Crippen LogP contribution >= 0.6 is 11.3 Å². The van der Waals surface area contributed by atoms with E-state index in [2.05, 4.69) is 0 Å². The van der Waals surface area contributed by atoms with Crippen molar-refractivity contribution in [2.45, 2.75) is 0 Å². The summed E-state index contributed by atoms with van der Waals surface area (Å²) in [6, 6.07) is 4.71. The van der Waals surface area contributed by atoms with Gasteiger partial charge in [0.2, 0.25) is 0 Å². The van der Waals surface area contributed by atoms with Crippen molar-refractivity contribution in [3.8, 4) is 5.75 Å². The molecular weight excluding hydrogens is 203 g/mol. The molecule has 1 aromatic heterocycles. The molecule has 2 rings (SSSR count). The number of aldehydes is 1. The van der Waals surface area contributed by atoms with Gasteiger partial charge in [-0.05, 0) is 23.6 Å². The molecule has 0 N–H and O–H groups in total. The van der Waals surface area contributed by atoms with E-state index in [1.807, 2.05) is 0 Å². The van der Waals surface area contributed by atoms with Crippen LogP contribution in [0.15, 0.2) is 18.2 Å². The number of fused-ring (bicyclic) bond motifs is 1. The van der Waals surface area contributed by atoms with Crippen LogP contribution in [0.5, 0.6) is 5.75 Å². The van der Waals surface area contributed by atoms with Crippen LogP contribution in [0.2, 0.25) is 0 Å². The van der Waals surface area contributed by atoms with Gasteiger partial charge in [-0.2, -0.15) is 4.39 Å². The molecule has 1 heterocycles. The van der Waals surface area contributed by atoms with E-state index >= 15 is 0 Å². The van der Waals surface area contributed by atoms with Crippen LogP contribution in [-0.4, -0.2) is 13.4 Å². The number of thiophene rings is 1. The summed E-state index contributed by atoms with van der Waals surface area (Å²) in [7, 11) is 1.51. The van der Waals surface area contributed by atoms with Gasteiger partial charge >= 0.3 is 0 Å². The number of ether oxygens (including phenoxy) is 1. The van der Waals surface area contributed by atoms with E-state index in [9.17, 15) is 9.18 Å². The highest BCUT2D eigenvalue weighted by Gasteiger charge is 2.08. The van der Waals surface area contributed by atoms with Gasteiger partial charge in [-0.1, -0.05) is 0 Å². The number of methoxy groups -OCH3 is 1. The lowest BCUT2D eigenvalue weighted by Crippen LogP contribution is -1.85. The van der Waals surface area contributed by atoms with Crippen LogP contribution in [0, 0.1) is 5.13 Å². The summed E-state index contributed by atoms with van der Waals surface area (Å²) in [5, 5.41) is 0.408. The quantitative estimate of drug-likeness (QED) is 0.712. The molecule has 72 valence electrons. The van der Waals surface area contributed by atoms with Crippen LogP contribution in [-0.2, 0) is 0 Å². The van der Waals surface area contributed by atoms with Gasteiger partial charge in [-0.3, -0.25) is 4.79 Å². The van der Waals surface area contributed by atoms with E-state index in [0.29, 0.717) is 27.7 Å². The fourth-order valence-electron chi connectivity index (χ4n) is 1.33. The zero-order chi connectivity index (χ0) is 10.1. The molecule has 0 saturated heterocycles. The predicted molar refractivity (Wildman–Crippen MR) is 53.7 cm³/mol. The first-order chi connectivity index (χ1) is 6.74. The summed E-state index contributed by atoms with van der Waals surface area (Å²) < 4.78 is 18.6. The second-order valence-corrected chi connectivity index (χ2v) is 3.81. The van der Waals surface area contributed by atoms with Crippen molar-refractivity contribution in [3.05, 3.63) is 28.9 Å². The summed E-state index contributed by atoms with van der Waals surface area (Å²) in [6.07, 6.45) is 0.709. The Morgan fingerprint density at radius 3 is 2.86 bits per heavy atom. The Morgan fingerprint density at radius 1 is 1.43 bits per heavy atom. The summed E-state index contributed by atoms with van der Waals surface area (Å²) >= 11 is 0.969. The van der Waals surface area contributed by atoms with E-state index in [4.69, 9.17) is 4.74 Å². The average Bonchev–Trinajstić information content (AvgIpc) is 2.56. The fourth-order valence-corrected chi connectivity index (χ4v) is 2.17. The first kappa shape index (κ1) is 9.15. The molecule has 2 nitrogen and oxygen atoms in total. The number of benzene rings is 1. The van der Waals surface area contributed by atoms with Gasteiger partial charge in [-0.15, -0.1) is 11.3 Å². The van der Waals surface area contributed by atoms with Crippen LogP contribution in [0.25, 0.3) is 10.1 Å². The maximum Gasteiger partial charge on any atom is 0.177 e. The molecule has 0 unspecified atom stereocenters. The monoisotopic (exact) mass is 210 g/mol. The van der Waals surface area contributed by atoms with Crippen molar-refractivity contribution in [2.24, 2.45) is 0 Å². The Morgan fingerprint density at radius 2 is 2.21 bits per heavy atom. The molecule has 0 aliphatic heterocycles. The lowest BCUT2D eigenvalue weighted by atomic mass is 10.2. The van der Waals surface area contributed by atoms with Crippen LogP contribution in [0.3, 0.4) is 0 Å². The zero-order valence-corrected chi connectivity index (χ0v) is 8.23. The second-order valence-electron chi connectivity index (χ2n) is 2.80. The van der Waals surface area contributed by atoms with Crippen molar-refractivity contribution in [3.63, 3.8) is 0 Å². The van der Waals surface area contributed by atoms with E-state index in [0.717, 1.165) is 11.3 Å². The van der Waals surface area contributed by atoms with Gasteiger partial charge in [0.1, 0.15) is 5.75 Å². The highest BCUT2D eigenvalue weighted by Crippen LogP contribution is 2.30. The summed E-state index contributed by atoms with van der Waals surface area (Å²) in [4.78, 5) is 10.7. The Bertz CT molecular complexity index is 490. The summed E-state index contributed by atoms with van der Waals surface area (Å²) in [5.41, 5.74) is 0.466. The minimum Gasteiger partial charge on any atom is -0.497 e. The van der Waals surface area contributed by atoms with Crippen molar-refractivity contribution < 1.29 is 13.9 Å². The largest absolute Gasteiger partial charge is 0.497 e. The molecule has 0 fully saturated rings. The molecule has 0 aliphatic carbocycles. The van der Waals surface area contributed by atoms with Crippen LogP contribution in [0.4, 0.5) is 4.39 Å². The molecule has 0 bridgehead atoms. The molecule has 0 aliphatic rings. The van der Waals surface area contributed by atoms with Crippen LogP contribution in [0.1, 0.15) is 10.4 Å². The minimum absolute atomic E-state index is 0.295. The number of carbonyl (C=O) groups is 1. The number of rotatable bonds is 2. The third-order valence-corrected chi connectivity index (χ3v) is 2.94.